The Labute approximate surface area is 102 Å². The molecule has 0 aliphatic rings. The quantitative estimate of drug-likeness (QED) is 0.772. The molecule has 90 valence electrons. The number of aromatic amines is 1. The van der Waals surface area contributed by atoms with Crippen molar-refractivity contribution < 1.29 is 0 Å². The maximum Gasteiger partial charge on any atom is 0.110 e. The number of imidazole rings is 1. The van der Waals surface area contributed by atoms with Crippen LogP contribution in [0, 0.1) is 6.92 Å². The van der Waals surface area contributed by atoms with Crippen LogP contribution >= 0.6 is 0 Å². The van der Waals surface area contributed by atoms with Gasteiger partial charge >= 0.3 is 0 Å². The average Bonchev–Trinajstić information content (AvgIpc) is 2.72. The van der Waals surface area contributed by atoms with E-state index in [1.54, 1.807) is 6.20 Å². The van der Waals surface area contributed by atoms with E-state index in [0.717, 1.165) is 42.3 Å². The van der Waals surface area contributed by atoms with Crippen molar-refractivity contribution in [3.63, 3.8) is 0 Å². The Balaban J connectivity index is 2.14. The van der Waals surface area contributed by atoms with E-state index in [1.807, 2.05) is 32.2 Å². The fourth-order valence-corrected chi connectivity index (χ4v) is 1.83. The molecule has 0 atom stereocenters. The van der Waals surface area contributed by atoms with Crippen molar-refractivity contribution in [2.24, 2.45) is 0 Å². The van der Waals surface area contributed by atoms with E-state index in [9.17, 15) is 0 Å². The van der Waals surface area contributed by atoms with Crippen LogP contribution in [0.4, 0.5) is 0 Å². The summed E-state index contributed by atoms with van der Waals surface area (Å²) in [6.07, 6.45) is 3.85. The van der Waals surface area contributed by atoms with Gasteiger partial charge in [0.2, 0.25) is 0 Å². The van der Waals surface area contributed by atoms with Crippen molar-refractivity contribution >= 4 is 0 Å². The van der Waals surface area contributed by atoms with Gasteiger partial charge in [0, 0.05) is 18.3 Å². The Morgan fingerprint density at radius 1 is 1.35 bits per heavy atom. The van der Waals surface area contributed by atoms with E-state index in [1.165, 1.54) is 0 Å². The molecule has 0 spiro atoms. The molecule has 17 heavy (non-hydrogen) atoms. The lowest BCUT2D eigenvalue weighted by atomic mass is 10.2. The van der Waals surface area contributed by atoms with Gasteiger partial charge in [0.15, 0.2) is 0 Å². The number of rotatable bonds is 5. The molecule has 2 rings (SSSR count). The topological polar surface area (TPSA) is 53.6 Å². The molecule has 2 N–H and O–H groups in total. The standard InChI is InChI=1S/C13H18N4/c1-10-13(11-6-3-4-9-15-11)17-12(16-10)7-5-8-14-2/h3-4,6,9,14H,5,7-8H2,1-2H3,(H,16,17). The molecular weight excluding hydrogens is 212 g/mol. The molecular formula is C13H18N4. The van der Waals surface area contributed by atoms with Crippen LogP contribution in [0.25, 0.3) is 11.4 Å². The first-order chi connectivity index (χ1) is 8.31. The SMILES string of the molecule is CNCCCc1nc(-c2ccccn2)c(C)[nH]1. The third kappa shape index (κ3) is 2.91. The van der Waals surface area contributed by atoms with E-state index in [0.29, 0.717) is 0 Å². The fraction of sp³-hybridized carbons (Fsp3) is 0.385. The van der Waals surface area contributed by atoms with Crippen molar-refractivity contribution in [2.45, 2.75) is 19.8 Å². The Kier molecular flexibility index (Phi) is 3.88. The van der Waals surface area contributed by atoms with Crippen LogP contribution in [0.3, 0.4) is 0 Å². The van der Waals surface area contributed by atoms with E-state index in [4.69, 9.17) is 0 Å². The summed E-state index contributed by atoms with van der Waals surface area (Å²) in [7, 11) is 1.96. The Bertz CT molecular complexity index is 462. The van der Waals surface area contributed by atoms with Crippen LogP contribution in [0.1, 0.15) is 17.9 Å². The number of hydrogen-bond donors (Lipinski definition) is 2. The maximum atomic E-state index is 4.61. The Morgan fingerprint density at radius 2 is 2.24 bits per heavy atom. The Morgan fingerprint density at radius 3 is 2.94 bits per heavy atom. The van der Waals surface area contributed by atoms with Gasteiger partial charge in [0.25, 0.3) is 0 Å². The molecule has 0 saturated carbocycles. The number of nitrogens with one attached hydrogen (secondary N) is 2. The van der Waals surface area contributed by atoms with Crippen molar-refractivity contribution in [2.75, 3.05) is 13.6 Å². The third-order valence-corrected chi connectivity index (χ3v) is 2.68. The molecule has 2 aromatic heterocycles. The molecule has 0 aromatic carbocycles. The van der Waals surface area contributed by atoms with Crippen LogP contribution in [-0.2, 0) is 6.42 Å². The van der Waals surface area contributed by atoms with Gasteiger partial charge < -0.3 is 10.3 Å². The summed E-state index contributed by atoms with van der Waals surface area (Å²) >= 11 is 0. The van der Waals surface area contributed by atoms with Crippen molar-refractivity contribution in [3.05, 3.63) is 35.9 Å². The number of nitrogens with zero attached hydrogens (tertiary/aromatic N) is 2. The Hall–Kier alpha value is -1.68. The number of hydrogen-bond acceptors (Lipinski definition) is 3. The summed E-state index contributed by atoms with van der Waals surface area (Å²) in [5.74, 6) is 1.04. The van der Waals surface area contributed by atoms with Crippen molar-refractivity contribution in [1.82, 2.24) is 20.3 Å². The van der Waals surface area contributed by atoms with Crippen LogP contribution in [0.2, 0.25) is 0 Å². The summed E-state index contributed by atoms with van der Waals surface area (Å²) in [5, 5.41) is 3.14. The first kappa shape index (κ1) is 11.8. The molecule has 0 unspecified atom stereocenters. The lowest BCUT2D eigenvalue weighted by molar-refractivity contribution is 0.707. The third-order valence-electron chi connectivity index (χ3n) is 2.68. The van der Waals surface area contributed by atoms with E-state index >= 15 is 0 Å². The van der Waals surface area contributed by atoms with Gasteiger partial charge in [-0.05, 0) is 39.1 Å². The molecule has 4 heteroatoms. The summed E-state index contributed by atoms with van der Waals surface area (Å²) in [4.78, 5) is 12.3. The zero-order chi connectivity index (χ0) is 12.1. The molecule has 0 radical (unpaired) electrons. The number of H-pyrrole nitrogens is 1. The first-order valence-electron chi connectivity index (χ1n) is 5.92. The van der Waals surface area contributed by atoms with Gasteiger partial charge in [-0.15, -0.1) is 0 Å². The minimum Gasteiger partial charge on any atom is -0.346 e. The molecule has 2 heterocycles. The number of aromatic nitrogens is 3. The molecule has 0 bridgehead atoms. The van der Waals surface area contributed by atoms with Gasteiger partial charge in [-0.1, -0.05) is 6.07 Å². The predicted molar refractivity (Wildman–Crippen MR) is 68.8 cm³/mol. The highest BCUT2D eigenvalue weighted by Gasteiger charge is 2.09. The molecule has 0 saturated heterocycles. The van der Waals surface area contributed by atoms with Gasteiger partial charge in [0.1, 0.15) is 11.5 Å². The van der Waals surface area contributed by atoms with Crippen LogP contribution in [-0.4, -0.2) is 28.5 Å². The average molecular weight is 230 g/mol. The summed E-state index contributed by atoms with van der Waals surface area (Å²) in [6.45, 7) is 3.05. The monoisotopic (exact) mass is 230 g/mol. The minimum absolute atomic E-state index is 0.932. The lowest BCUT2D eigenvalue weighted by Gasteiger charge is -1.96. The van der Waals surface area contributed by atoms with Crippen molar-refractivity contribution in [3.8, 4) is 11.4 Å². The second-order valence-corrected chi connectivity index (χ2v) is 4.08. The van der Waals surface area contributed by atoms with Crippen molar-refractivity contribution in [1.29, 1.82) is 0 Å². The number of pyridine rings is 1. The highest BCUT2D eigenvalue weighted by atomic mass is 14.9. The highest BCUT2D eigenvalue weighted by Crippen LogP contribution is 2.18. The smallest absolute Gasteiger partial charge is 0.110 e. The van der Waals surface area contributed by atoms with E-state index in [-0.39, 0.29) is 0 Å². The van der Waals surface area contributed by atoms with Gasteiger partial charge in [-0.2, -0.15) is 0 Å². The second kappa shape index (κ2) is 5.59. The molecule has 0 fully saturated rings. The predicted octanol–water partition coefficient (Wildman–Crippen LogP) is 1.93. The fourth-order valence-electron chi connectivity index (χ4n) is 1.83. The zero-order valence-electron chi connectivity index (χ0n) is 10.3. The second-order valence-electron chi connectivity index (χ2n) is 4.08. The normalized spacial score (nSPS) is 10.7. The lowest BCUT2D eigenvalue weighted by Crippen LogP contribution is -2.08. The number of aryl methyl sites for hydroxylation is 2. The minimum atomic E-state index is 0.932. The first-order valence-corrected chi connectivity index (χ1v) is 5.92. The zero-order valence-corrected chi connectivity index (χ0v) is 10.3. The molecule has 2 aromatic rings. The highest BCUT2D eigenvalue weighted by molar-refractivity contribution is 5.56. The maximum absolute atomic E-state index is 4.61. The molecule has 0 aliphatic carbocycles. The molecule has 0 amide bonds. The van der Waals surface area contributed by atoms with Crippen LogP contribution in [0.15, 0.2) is 24.4 Å². The van der Waals surface area contributed by atoms with Gasteiger partial charge in [-0.3, -0.25) is 4.98 Å². The summed E-state index contributed by atoms with van der Waals surface area (Å²) in [6, 6.07) is 5.89. The van der Waals surface area contributed by atoms with Crippen LogP contribution in [0.5, 0.6) is 0 Å². The molecule has 0 aliphatic heterocycles. The largest absolute Gasteiger partial charge is 0.346 e. The van der Waals surface area contributed by atoms with Gasteiger partial charge in [-0.25, -0.2) is 4.98 Å². The van der Waals surface area contributed by atoms with E-state index < -0.39 is 0 Å². The van der Waals surface area contributed by atoms with Crippen LogP contribution < -0.4 is 5.32 Å². The van der Waals surface area contributed by atoms with Gasteiger partial charge in [0.05, 0.1) is 5.69 Å². The molecule has 4 nitrogen and oxygen atoms in total. The summed E-state index contributed by atoms with van der Waals surface area (Å²) in [5.41, 5.74) is 2.98. The summed E-state index contributed by atoms with van der Waals surface area (Å²) < 4.78 is 0. The van der Waals surface area contributed by atoms with E-state index in [2.05, 4.69) is 20.3 Å².